The van der Waals surface area contributed by atoms with Gasteiger partial charge in [-0.25, -0.2) is 0 Å². The molecule has 0 unspecified atom stereocenters. The van der Waals surface area contributed by atoms with Gasteiger partial charge in [0.25, 0.3) is 0 Å². The van der Waals surface area contributed by atoms with Crippen LogP contribution in [-0.4, -0.2) is 74.4 Å². The molecular weight excluding hydrogens is 577 g/mol. The minimum absolute atomic E-state index is 0.0709. The van der Waals surface area contributed by atoms with Crippen LogP contribution in [0.4, 0.5) is 13.2 Å². The highest BCUT2D eigenvalue weighted by atomic mass is 32.2. The van der Waals surface area contributed by atoms with Crippen LogP contribution in [0, 0.1) is 11.8 Å². The van der Waals surface area contributed by atoms with Gasteiger partial charge in [-0.05, 0) is 30.5 Å². The number of aliphatic hydroxyl groups is 1. The predicted molar refractivity (Wildman–Crippen MR) is 135 cm³/mol. The number of rotatable bonds is 9. The fraction of sp³-hybridized carbons (Fsp3) is 0.692. The maximum absolute atomic E-state index is 12.9. The van der Waals surface area contributed by atoms with E-state index in [0.717, 1.165) is 12.1 Å². The molecular formula is C26H35F3O11S. The van der Waals surface area contributed by atoms with E-state index in [0.29, 0.717) is 12.8 Å². The van der Waals surface area contributed by atoms with Crippen molar-refractivity contribution >= 4 is 22.1 Å². The van der Waals surface area contributed by atoms with E-state index < -0.39 is 76.0 Å². The molecule has 0 aliphatic carbocycles. The summed E-state index contributed by atoms with van der Waals surface area (Å²) in [5, 5.41) is 11.4. The zero-order valence-corrected chi connectivity index (χ0v) is 24.0. The fourth-order valence-corrected chi connectivity index (χ4v) is 5.36. The zero-order chi connectivity index (χ0) is 30.7. The lowest BCUT2D eigenvalue weighted by Gasteiger charge is -2.47. The highest BCUT2D eigenvalue weighted by molar-refractivity contribution is 7.88. The first-order chi connectivity index (χ1) is 19.0. The second-order valence-corrected chi connectivity index (χ2v) is 11.8. The van der Waals surface area contributed by atoms with Crippen LogP contribution in [0.15, 0.2) is 24.3 Å². The summed E-state index contributed by atoms with van der Waals surface area (Å²) in [4.78, 5) is 23.4. The van der Waals surface area contributed by atoms with Crippen molar-refractivity contribution in [1.82, 2.24) is 0 Å². The fourth-order valence-electron chi connectivity index (χ4n) is 4.91. The molecule has 15 heteroatoms. The number of halogens is 3. The second kappa shape index (κ2) is 13.2. The number of hydrogen-bond acceptors (Lipinski definition) is 11. The molecule has 0 bridgehead atoms. The van der Waals surface area contributed by atoms with Gasteiger partial charge in [-0.3, -0.25) is 9.59 Å². The van der Waals surface area contributed by atoms with Crippen molar-refractivity contribution in [2.24, 2.45) is 11.8 Å². The molecule has 11 nitrogen and oxygen atoms in total. The summed E-state index contributed by atoms with van der Waals surface area (Å²) in [5.41, 5.74) is -5.58. The lowest BCUT2D eigenvalue weighted by Crippen LogP contribution is -2.56. The molecule has 0 amide bonds. The Balaban J connectivity index is 1.95. The van der Waals surface area contributed by atoms with E-state index in [2.05, 4.69) is 4.18 Å². The number of esters is 2. The summed E-state index contributed by atoms with van der Waals surface area (Å²) >= 11 is 0. The number of alkyl halides is 3. The first-order valence-electron chi connectivity index (χ1n) is 13.1. The first kappa shape index (κ1) is 33.0. The monoisotopic (exact) mass is 612 g/mol. The van der Waals surface area contributed by atoms with Gasteiger partial charge in [0, 0.05) is 25.7 Å². The van der Waals surface area contributed by atoms with E-state index >= 15 is 0 Å². The molecule has 0 saturated carbocycles. The zero-order valence-electron chi connectivity index (χ0n) is 23.2. The standard InChI is InChI=1S/C26H35F3O11S/c1-6-18-10-13(2)22(36-16(5)31)25(37-18)39-23-14(3)20(12-35-15(4)30)38-24(21(23)32)17-8-7-9-19(11-17)40-41(33,34)26(27,28)29/h7-9,11,13-14,18,20-25,32H,6,10,12H2,1-5H3/t13-,14+,18+,20+,21-,22-,23-,24+,25+/m0/s1. The molecule has 1 aromatic rings. The largest absolute Gasteiger partial charge is 0.534 e. The third kappa shape index (κ3) is 8.09. The van der Waals surface area contributed by atoms with Crippen molar-refractivity contribution < 1.29 is 64.2 Å². The normalized spacial score (nSPS) is 32.7. The van der Waals surface area contributed by atoms with Crippen molar-refractivity contribution in [3.05, 3.63) is 29.8 Å². The number of ether oxygens (including phenoxy) is 5. The molecule has 1 N–H and O–H groups in total. The number of benzene rings is 1. The van der Waals surface area contributed by atoms with Crippen LogP contribution in [0.3, 0.4) is 0 Å². The molecule has 1 aromatic carbocycles. The quantitative estimate of drug-likeness (QED) is 0.249. The van der Waals surface area contributed by atoms with Gasteiger partial charge in [-0.1, -0.05) is 32.9 Å². The molecule has 0 spiro atoms. The SMILES string of the molecule is CC[C@@H]1C[C@H](C)[C@H](OC(C)=O)[C@@H](O[C@H]2[C@H](C)[C@@H](COC(C)=O)O[C@H](c3cccc(OS(=O)(=O)C(F)(F)F)c3)[C@H]2O)O1. The van der Waals surface area contributed by atoms with Gasteiger partial charge in [-0.15, -0.1) is 0 Å². The Morgan fingerprint density at radius 2 is 1.78 bits per heavy atom. The molecule has 0 radical (unpaired) electrons. The van der Waals surface area contributed by atoms with Gasteiger partial charge in [0.2, 0.25) is 0 Å². The molecule has 41 heavy (non-hydrogen) atoms. The van der Waals surface area contributed by atoms with Gasteiger partial charge in [0.15, 0.2) is 12.4 Å². The Morgan fingerprint density at radius 1 is 1.10 bits per heavy atom. The molecule has 9 atom stereocenters. The van der Waals surface area contributed by atoms with E-state index in [9.17, 15) is 36.3 Å². The van der Waals surface area contributed by atoms with Crippen molar-refractivity contribution in [3.8, 4) is 5.75 Å². The van der Waals surface area contributed by atoms with Crippen LogP contribution in [0.25, 0.3) is 0 Å². The number of aliphatic hydroxyl groups excluding tert-OH is 1. The van der Waals surface area contributed by atoms with E-state index in [4.69, 9.17) is 23.7 Å². The van der Waals surface area contributed by atoms with Gasteiger partial charge < -0.3 is 33.0 Å². The minimum atomic E-state index is -5.95. The first-order valence-corrected chi connectivity index (χ1v) is 14.5. The van der Waals surface area contributed by atoms with E-state index in [1.54, 1.807) is 6.92 Å². The molecule has 2 saturated heterocycles. The topological polar surface area (TPSA) is 144 Å². The van der Waals surface area contributed by atoms with Crippen LogP contribution < -0.4 is 4.18 Å². The average molecular weight is 613 g/mol. The van der Waals surface area contributed by atoms with Crippen molar-refractivity contribution in [3.63, 3.8) is 0 Å². The molecule has 2 heterocycles. The lowest BCUT2D eigenvalue weighted by atomic mass is 9.85. The van der Waals surface area contributed by atoms with E-state index in [-0.39, 0.29) is 24.2 Å². The van der Waals surface area contributed by atoms with Gasteiger partial charge in [0.1, 0.15) is 24.6 Å². The predicted octanol–water partition coefficient (Wildman–Crippen LogP) is 3.39. The Labute approximate surface area is 236 Å². The average Bonchev–Trinajstić information content (AvgIpc) is 2.86. The van der Waals surface area contributed by atoms with Crippen molar-refractivity contribution in [2.45, 2.75) is 95.9 Å². The van der Waals surface area contributed by atoms with Gasteiger partial charge in [-0.2, -0.15) is 21.6 Å². The summed E-state index contributed by atoms with van der Waals surface area (Å²) in [6.45, 7) is 7.68. The molecule has 3 rings (SSSR count). The van der Waals surface area contributed by atoms with Crippen LogP contribution in [0.1, 0.15) is 59.1 Å². The van der Waals surface area contributed by atoms with Gasteiger partial charge in [0.05, 0.1) is 18.3 Å². The number of carbonyl (C=O) groups is 2. The molecule has 2 aliphatic rings. The maximum Gasteiger partial charge on any atom is 0.534 e. The van der Waals surface area contributed by atoms with Crippen molar-refractivity contribution in [1.29, 1.82) is 0 Å². The van der Waals surface area contributed by atoms with E-state index in [1.807, 2.05) is 13.8 Å². The third-order valence-electron chi connectivity index (χ3n) is 7.04. The Kier molecular flexibility index (Phi) is 10.7. The highest BCUT2D eigenvalue weighted by Crippen LogP contribution is 2.40. The molecule has 2 fully saturated rings. The Bertz CT molecular complexity index is 1180. The summed E-state index contributed by atoms with van der Waals surface area (Å²) in [6.07, 6.45) is -5.51. The number of hydrogen-bond donors (Lipinski definition) is 1. The molecule has 2 aliphatic heterocycles. The van der Waals surface area contributed by atoms with Crippen molar-refractivity contribution in [2.75, 3.05) is 6.61 Å². The summed E-state index contributed by atoms with van der Waals surface area (Å²) in [7, 11) is -5.95. The van der Waals surface area contributed by atoms with Crippen LogP contribution in [0.2, 0.25) is 0 Å². The van der Waals surface area contributed by atoms with Crippen LogP contribution in [-0.2, 0) is 43.4 Å². The molecule has 0 aromatic heterocycles. The lowest BCUT2D eigenvalue weighted by molar-refractivity contribution is -0.313. The van der Waals surface area contributed by atoms with Gasteiger partial charge >= 0.3 is 27.6 Å². The van der Waals surface area contributed by atoms with E-state index in [1.165, 1.54) is 26.0 Å². The second-order valence-electron chi connectivity index (χ2n) is 10.2. The summed E-state index contributed by atoms with van der Waals surface area (Å²) in [5.74, 6) is -2.57. The highest BCUT2D eigenvalue weighted by Gasteiger charge is 2.50. The molecule has 232 valence electrons. The van der Waals surface area contributed by atoms with Crippen LogP contribution in [0.5, 0.6) is 5.75 Å². The summed E-state index contributed by atoms with van der Waals surface area (Å²) < 4.78 is 94.9. The number of carbonyl (C=O) groups excluding carboxylic acids is 2. The minimum Gasteiger partial charge on any atom is -0.463 e. The maximum atomic E-state index is 12.9. The third-order valence-corrected chi connectivity index (χ3v) is 8.02. The Morgan fingerprint density at radius 3 is 2.37 bits per heavy atom. The smallest absolute Gasteiger partial charge is 0.463 e. The Hall–Kier alpha value is -2.46. The summed E-state index contributed by atoms with van der Waals surface area (Å²) in [6, 6.07) is 4.61. The van der Waals surface area contributed by atoms with Crippen LogP contribution >= 0.6 is 0 Å².